The van der Waals surface area contributed by atoms with Gasteiger partial charge in [0, 0.05) is 22.1 Å². The third-order valence-corrected chi connectivity index (χ3v) is 7.89. The Kier molecular flexibility index (Phi) is 5.28. The van der Waals surface area contributed by atoms with E-state index in [2.05, 4.69) is 24.0 Å². The molecular formula is C30H29NO4. The highest BCUT2D eigenvalue weighted by Crippen LogP contribution is 2.58. The summed E-state index contributed by atoms with van der Waals surface area (Å²) in [6.45, 7) is 2.57. The molecule has 0 saturated heterocycles. The number of aryl methyl sites for hydroxylation is 2. The number of H-pyrrole nitrogens is 1. The minimum absolute atomic E-state index is 0.254. The Hall–Kier alpha value is -3.73. The van der Waals surface area contributed by atoms with E-state index < -0.39 is 5.97 Å². The summed E-state index contributed by atoms with van der Waals surface area (Å²) >= 11 is 0. The van der Waals surface area contributed by atoms with Crippen molar-refractivity contribution < 1.29 is 19.7 Å². The Morgan fingerprint density at radius 3 is 2.57 bits per heavy atom. The van der Waals surface area contributed by atoms with Crippen LogP contribution >= 0.6 is 0 Å². The van der Waals surface area contributed by atoms with Crippen LogP contribution in [-0.2, 0) is 6.42 Å². The highest BCUT2D eigenvalue weighted by atomic mass is 16.5. The molecule has 3 N–H and O–H groups in total. The molecule has 0 amide bonds. The van der Waals surface area contributed by atoms with Crippen LogP contribution in [0.1, 0.15) is 70.3 Å². The van der Waals surface area contributed by atoms with Gasteiger partial charge >= 0.3 is 5.97 Å². The van der Waals surface area contributed by atoms with Gasteiger partial charge in [-0.3, -0.25) is 0 Å². The van der Waals surface area contributed by atoms with E-state index in [1.165, 1.54) is 5.56 Å². The number of ether oxygens (including phenoxy) is 1. The van der Waals surface area contributed by atoms with Gasteiger partial charge in [0.1, 0.15) is 17.2 Å². The minimum Gasteiger partial charge on any atom is -0.508 e. The van der Waals surface area contributed by atoms with Crippen LogP contribution in [0.5, 0.6) is 11.5 Å². The normalized spacial score (nSPS) is 18.2. The number of aromatic carboxylic acids is 1. The highest BCUT2D eigenvalue weighted by Gasteiger charge is 2.40. The molecule has 5 nitrogen and oxygen atoms in total. The third kappa shape index (κ3) is 3.57. The second kappa shape index (κ2) is 8.49. The SMILES string of the molecule is Cc1ccccc1-c1cccc2c(CCCOc3ccc(O)c4c3[C@H]3CC[C@@H]4C3)c(C(=O)O)[nH]c12. The van der Waals surface area contributed by atoms with Gasteiger partial charge in [-0.15, -0.1) is 0 Å². The molecule has 1 heterocycles. The average Bonchev–Trinajstić information content (AvgIpc) is 3.57. The summed E-state index contributed by atoms with van der Waals surface area (Å²) in [6.07, 6.45) is 4.73. The Bertz CT molecular complexity index is 1450. The molecule has 0 aliphatic heterocycles. The fourth-order valence-electron chi connectivity index (χ4n) is 6.33. The molecule has 2 aliphatic carbocycles. The van der Waals surface area contributed by atoms with Gasteiger partial charge in [0.2, 0.25) is 0 Å². The number of hydrogen-bond donors (Lipinski definition) is 3. The third-order valence-electron chi connectivity index (χ3n) is 7.89. The number of phenols is 1. The molecular weight excluding hydrogens is 438 g/mol. The highest BCUT2D eigenvalue weighted by molar-refractivity contribution is 6.03. The second-order valence-electron chi connectivity index (χ2n) is 9.90. The fourth-order valence-corrected chi connectivity index (χ4v) is 6.33. The minimum atomic E-state index is -0.944. The van der Waals surface area contributed by atoms with Gasteiger partial charge < -0.3 is 19.9 Å². The Morgan fingerprint density at radius 1 is 1.00 bits per heavy atom. The zero-order chi connectivity index (χ0) is 24.1. The summed E-state index contributed by atoms with van der Waals surface area (Å²) in [4.78, 5) is 15.3. The summed E-state index contributed by atoms with van der Waals surface area (Å²) in [5.74, 6) is 1.29. The van der Waals surface area contributed by atoms with Gasteiger partial charge in [-0.25, -0.2) is 4.79 Å². The zero-order valence-corrected chi connectivity index (χ0v) is 19.8. The number of carbonyl (C=O) groups is 1. The predicted molar refractivity (Wildman–Crippen MR) is 137 cm³/mol. The molecule has 4 aromatic rings. The molecule has 5 heteroatoms. The molecule has 35 heavy (non-hydrogen) atoms. The molecule has 1 aromatic heterocycles. The maximum Gasteiger partial charge on any atom is 0.352 e. The van der Waals surface area contributed by atoms with Gasteiger partial charge in [0.05, 0.1) is 12.1 Å². The fraction of sp³-hybridized carbons (Fsp3) is 0.300. The first-order valence-corrected chi connectivity index (χ1v) is 12.4. The quantitative estimate of drug-likeness (QED) is 0.258. The van der Waals surface area contributed by atoms with Crippen molar-refractivity contribution in [3.63, 3.8) is 0 Å². The van der Waals surface area contributed by atoms with Crippen LogP contribution in [0, 0.1) is 6.92 Å². The number of para-hydroxylation sites is 1. The van der Waals surface area contributed by atoms with Crippen molar-refractivity contribution >= 4 is 16.9 Å². The van der Waals surface area contributed by atoms with Crippen LogP contribution in [0.15, 0.2) is 54.6 Å². The van der Waals surface area contributed by atoms with E-state index in [0.29, 0.717) is 37.0 Å². The van der Waals surface area contributed by atoms with E-state index in [4.69, 9.17) is 4.74 Å². The number of carboxylic acids is 1. The van der Waals surface area contributed by atoms with Gasteiger partial charge in [0.25, 0.3) is 0 Å². The van der Waals surface area contributed by atoms with Gasteiger partial charge in [-0.1, -0.05) is 42.5 Å². The number of aromatic nitrogens is 1. The standard InChI is InChI=1S/C30H29NO4/c1-17-6-2-3-7-20(17)21-8-4-9-22-23(29(30(33)34)31-28(21)22)10-5-15-35-25-14-13-24(32)26-18-11-12-19(16-18)27(25)26/h2-4,6-9,13-14,18-19,31-32H,5,10-12,15-16H2,1H3,(H,33,34)/t18-,19+/m1/s1. The summed E-state index contributed by atoms with van der Waals surface area (Å²) in [6, 6.07) is 17.8. The largest absolute Gasteiger partial charge is 0.508 e. The molecule has 0 spiro atoms. The van der Waals surface area contributed by atoms with E-state index in [9.17, 15) is 15.0 Å². The Labute approximate surface area is 204 Å². The molecule has 2 aliphatic rings. The van der Waals surface area contributed by atoms with Crippen molar-refractivity contribution in [3.05, 3.63) is 82.5 Å². The summed E-state index contributed by atoms with van der Waals surface area (Å²) in [7, 11) is 0. The van der Waals surface area contributed by atoms with Crippen molar-refractivity contribution in [2.45, 2.75) is 50.9 Å². The van der Waals surface area contributed by atoms with E-state index >= 15 is 0 Å². The number of aromatic amines is 1. The average molecular weight is 468 g/mol. The van der Waals surface area contributed by atoms with Crippen molar-refractivity contribution in [2.24, 2.45) is 0 Å². The molecule has 1 saturated carbocycles. The van der Waals surface area contributed by atoms with E-state index in [-0.39, 0.29) is 5.69 Å². The van der Waals surface area contributed by atoms with Gasteiger partial charge in [-0.05, 0) is 79.7 Å². The summed E-state index contributed by atoms with van der Waals surface area (Å²) in [5.41, 5.74) is 7.49. The lowest BCUT2D eigenvalue weighted by Gasteiger charge is -2.20. The number of fused-ring (bicyclic) bond motifs is 6. The first kappa shape index (κ1) is 21.8. The molecule has 3 aromatic carbocycles. The van der Waals surface area contributed by atoms with Crippen molar-refractivity contribution in [3.8, 4) is 22.6 Å². The van der Waals surface area contributed by atoms with Crippen LogP contribution in [0.25, 0.3) is 22.0 Å². The zero-order valence-electron chi connectivity index (χ0n) is 19.8. The lowest BCUT2D eigenvalue weighted by molar-refractivity contribution is 0.0690. The number of rotatable bonds is 7. The molecule has 0 radical (unpaired) electrons. The van der Waals surface area contributed by atoms with E-state index in [1.807, 2.05) is 36.4 Å². The lowest BCUT2D eigenvalue weighted by atomic mass is 9.90. The molecule has 0 unspecified atom stereocenters. The summed E-state index contributed by atoms with van der Waals surface area (Å²) < 4.78 is 6.21. The van der Waals surface area contributed by atoms with E-state index in [0.717, 1.165) is 63.7 Å². The first-order valence-electron chi connectivity index (χ1n) is 12.4. The van der Waals surface area contributed by atoms with Crippen LogP contribution in [0.2, 0.25) is 0 Å². The van der Waals surface area contributed by atoms with E-state index in [1.54, 1.807) is 6.07 Å². The number of benzene rings is 3. The molecule has 2 bridgehead atoms. The van der Waals surface area contributed by atoms with Crippen LogP contribution in [0.4, 0.5) is 0 Å². The van der Waals surface area contributed by atoms with Crippen molar-refractivity contribution in [2.75, 3.05) is 6.61 Å². The maximum absolute atomic E-state index is 12.1. The van der Waals surface area contributed by atoms with Crippen LogP contribution < -0.4 is 4.74 Å². The Balaban J connectivity index is 1.25. The number of aromatic hydroxyl groups is 1. The first-order chi connectivity index (χ1) is 17.0. The number of carboxylic acid groups (broad SMARTS) is 1. The predicted octanol–water partition coefficient (Wildman–Crippen LogP) is 6.92. The molecule has 178 valence electrons. The van der Waals surface area contributed by atoms with Crippen LogP contribution in [0.3, 0.4) is 0 Å². The summed E-state index contributed by atoms with van der Waals surface area (Å²) in [5, 5.41) is 21.2. The monoisotopic (exact) mass is 467 g/mol. The number of nitrogens with one attached hydrogen (secondary N) is 1. The van der Waals surface area contributed by atoms with Crippen molar-refractivity contribution in [1.29, 1.82) is 0 Å². The number of hydrogen-bond acceptors (Lipinski definition) is 3. The van der Waals surface area contributed by atoms with Crippen LogP contribution in [-0.4, -0.2) is 27.8 Å². The maximum atomic E-state index is 12.1. The molecule has 1 fully saturated rings. The molecule has 6 rings (SSSR count). The Morgan fingerprint density at radius 2 is 1.77 bits per heavy atom. The second-order valence-corrected chi connectivity index (χ2v) is 9.90. The smallest absolute Gasteiger partial charge is 0.352 e. The molecule has 2 atom stereocenters. The van der Waals surface area contributed by atoms with Gasteiger partial charge in [0.15, 0.2) is 0 Å². The topological polar surface area (TPSA) is 82.6 Å². The lowest BCUT2D eigenvalue weighted by Crippen LogP contribution is -2.07. The van der Waals surface area contributed by atoms with Crippen molar-refractivity contribution in [1.82, 2.24) is 4.98 Å². The number of phenolic OH excluding ortho intramolecular Hbond substituents is 1. The van der Waals surface area contributed by atoms with Gasteiger partial charge in [-0.2, -0.15) is 0 Å².